The van der Waals surface area contributed by atoms with Crippen LogP contribution in [0.1, 0.15) is 39.8 Å². The molecule has 10 heteroatoms. The van der Waals surface area contributed by atoms with Crippen LogP contribution in [0, 0.1) is 13.8 Å². The molecule has 9 nitrogen and oxygen atoms in total. The monoisotopic (exact) mass is 458 g/mol. The van der Waals surface area contributed by atoms with E-state index in [1.165, 1.54) is 6.33 Å². The van der Waals surface area contributed by atoms with E-state index >= 15 is 0 Å². The number of nitrogens with one attached hydrogen (secondary N) is 1. The summed E-state index contributed by atoms with van der Waals surface area (Å²) in [5.41, 5.74) is 8.46. The molecule has 166 valence electrons. The number of amides is 1. The third kappa shape index (κ3) is 5.86. The van der Waals surface area contributed by atoms with E-state index in [0.717, 1.165) is 39.1 Å². The molecule has 2 aromatic carbocycles. The molecule has 0 aliphatic carbocycles. The minimum atomic E-state index is -0.275. The molecule has 0 radical (unpaired) electrons. The fourth-order valence-electron chi connectivity index (χ4n) is 3.08. The van der Waals surface area contributed by atoms with Crippen molar-refractivity contribution in [1.29, 1.82) is 0 Å². The van der Waals surface area contributed by atoms with Gasteiger partial charge in [0.05, 0.1) is 11.4 Å². The van der Waals surface area contributed by atoms with E-state index in [4.69, 9.17) is 0 Å². The second-order valence-corrected chi connectivity index (χ2v) is 8.30. The molecule has 0 aliphatic rings. The first-order chi connectivity index (χ1) is 16.0. The number of benzene rings is 2. The van der Waals surface area contributed by atoms with Gasteiger partial charge in [0.2, 0.25) is 0 Å². The Kier molecular flexibility index (Phi) is 6.84. The Hall–Kier alpha value is -3.92. The normalized spacial score (nSPS) is 11.4. The first-order valence-corrected chi connectivity index (χ1v) is 11.2. The summed E-state index contributed by atoms with van der Waals surface area (Å²) in [6.07, 6.45) is 1.52. The number of thioether (sulfide) groups is 1. The summed E-state index contributed by atoms with van der Waals surface area (Å²) in [5, 5.41) is 16.2. The van der Waals surface area contributed by atoms with Crippen LogP contribution in [0.15, 0.2) is 71.2 Å². The zero-order valence-electron chi connectivity index (χ0n) is 18.4. The molecule has 2 aromatic heterocycles. The van der Waals surface area contributed by atoms with Crippen LogP contribution in [0.5, 0.6) is 0 Å². The molecule has 0 unspecified atom stereocenters. The van der Waals surface area contributed by atoms with E-state index in [-0.39, 0.29) is 5.91 Å². The summed E-state index contributed by atoms with van der Waals surface area (Å²) in [6.45, 7) is 5.75. The number of aryl methyl sites for hydroxylation is 2. The maximum Gasteiger partial charge on any atom is 0.271 e. The average molecular weight is 459 g/mol. The Morgan fingerprint density at radius 1 is 1.03 bits per heavy atom. The Bertz CT molecular complexity index is 1270. The third-order valence-electron chi connectivity index (χ3n) is 4.75. The molecule has 0 saturated heterocycles. The predicted octanol–water partition coefficient (Wildman–Crippen LogP) is 3.52. The summed E-state index contributed by atoms with van der Waals surface area (Å²) in [6, 6.07) is 17.0. The van der Waals surface area contributed by atoms with Crippen molar-refractivity contribution in [1.82, 2.24) is 35.6 Å². The number of hydrogen-bond donors (Lipinski definition) is 1. The lowest BCUT2D eigenvalue weighted by atomic mass is 10.1. The summed E-state index contributed by atoms with van der Waals surface area (Å²) in [7, 11) is 0. The number of hydrogen-bond acceptors (Lipinski definition) is 8. The second-order valence-electron chi connectivity index (χ2n) is 7.36. The van der Waals surface area contributed by atoms with Crippen molar-refractivity contribution in [3.63, 3.8) is 0 Å². The Morgan fingerprint density at radius 3 is 2.48 bits per heavy atom. The molecule has 0 atom stereocenters. The zero-order valence-corrected chi connectivity index (χ0v) is 19.2. The highest BCUT2D eigenvalue weighted by Crippen LogP contribution is 2.20. The highest BCUT2D eigenvalue weighted by molar-refractivity contribution is 7.98. The second kappa shape index (κ2) is 10.1. The topological polar surface area (TPSA) is 111 Å². The van der Waals surface area contributed by atoms with Crippen LogP contribution in [0.3, 0.4) is 0 Å². The van der Waals surface area contributed by atoms with Crippen LogP contribution in [-0.2, 0) is 5.75 Å². The van der Waals surface area contributed by atoms with Crippen molar-refractivity contribution >= 4 is 23.4 Å². The van der Waals surface area contributed by atoms with Gasteiger partial charge in [-0.2, -0.15) is 5.10 Å². The van der Waals surface area contributed by atoms with Crippen LogP contribution >= 0.6 is 11.8 Å². The number of nitrogens with zero attached hydrogens (tertiary/aromatic N) is 7. The fraction of sp³-hybridized carbons (Fsp3) is 0.174. The standard InChI is InChI=1S/C23H22N8OS/c1-15-11-16(2)26-23(25-15)33-13-18-7-9-19(10-8-18)22(32)28-27-17(3)20-5-4-6-21(12-20)31-14-24-29-30-31/h4-12,14H,13H2,1-3H3,(H,28,32)/b27-17-. The van der Waals surface area contributed by atoms with Gasteiger partial charge in [-0.3, -0.25) is 4.79 Å². The number of carbonyl (C=O) groups excluding carboxylic acids is 1. The Labute approximate surface area is 195 Å². The van der Waals surface area contributed by atoms with Crippen LogP contribution in [0.2, 0.25) is 0 Å². The molecular weight excluding hydrogens is 436 g/mol. The van der Waals surface area contributed by atoms with E-state index in [9.17, 15) is 4.79 Å². The first kappa shape index (κ1) is 22.3. The van der Waals surface area contributed by atoms with Gasteiger partial charge in [-0.1, -0.05) is 36.0 Å². The van der Waals surface area contributed by atoms with Crippen molar-refractivity contribution in [3.05, 3.63) is 89.0 Å². The minimum Gasteiger partial charge on any atom is -0.267 e. The first-order valence-electron chi connectivity index (χ1n) is 10.2. The van der Waals surface area contributed by atoms with E-state index < -0.39 is 0 Å². The van der Waals surface area contributed by atoms with Crippen molar-refractivity contribution in [2.45, 2.75) is 31.7 Å². The predicted molar refractivity (Wildman–Crippen MR) is 126 cm³/mol. The third-order valence-corrected chi connectivity index (χ3v) is 5.67. The number of carbonyl (C=O) groups is 1. The van der Waals surface area contributed by atoms with Crippen molar-refractivity contribution in [2.24, 2.45) is 5.10 Å². The lowest BCUT2D eigenvalue weighted by molar-refractivity contribution is 0.0955. The van der Waals surface area contributed by atoms with Gasteiger partial charge in [-0.25, -0.2) is 20.1 Å². The largest absolute Gasteiger partial charge is 0.271 e. The number of tetrazole rings is 1. The summed E-state index contributed by atoms with van der Waals surface area (Å²) >= 11 is 1.57. The summed E-state index contributed by atoms with van der Waals surface area (Å²) in [4.78, 5) is 21.4. The molecule has 2 heterocycles. The molecule has 0 saturated carbocycles. The lowest BCUT2D eigenvalue weighted by Gasteiger charge is -2.06. The van der Waals surface area contributed by atoms with Gasteiger partial charge in [0.25, 0.3) is 5.91 Å². The quantitative estimate of drug-likeness (QED) is 0.195. The Balaban J connectivity index is 1.36. The van der Waals surface area contributed by atoms with Crippen molar-refractivity contribution in [3.8, 4) is 5.69 Å². The number of rotatable bonds is 7. The maximum absolute atomic E-state index is 12.5. The smallest absolute Gasteiger partial charge is 0.267 e. The van der Waals surface area contributed by atoms with Gasteiger partial charge in [0.1, 0.15) is 6.33 Å². The molecule has 1 N–H and O–H groups in total. The molecule has 0 spiro atoms. The Morgan fingerprint density at radius 2 is 1.79 bits per heavy atom. The minimum absolute atomic E-state index is 0.275. The number of hydrazone groups is 1. The van der Waals surface area contributed by atoms with Crippen molar-refractivity contribution in [2.75, 3.05) is 0 Å². The average Bonchev–Trinajstić information content (AvgIpc) is 3.36. The summed E-state index contributed by atoms with van der Waals surface area (Å²) in [5.74, 6) is 0.447. The van der Waals surface area contributed by atoms with E-state index in [2.05, 4.69) is 36.0 Å². The van der Waals surface area contributed by atoms with Crippen LogP contribution < -0.4 is 5.43 Å². The van der Waals surface area contributed by atoms with Gasteiger partial charge in [-0.05, 0) is 72.7 Å². The van der Waals surface area contributed by atoms with Gasteiger partial charge >= 0.3 is 0 Å². The number of aromatic nitrogens is 6. The highest BCUT2D eigenvalue weighted by atomic mass is 32.2. The highest BCUT2D eigenvalue weighted by Gasteiger charge is 2.07. The van der Waals surface area contributed by atoms with Gasteiger partial charge < -0.3 is 0 Å². The van der Waals surface area contributed by atoms with Crippen LogP contribution in [0.25, 0.3) is 5.69 Å². The molecule has 0 bridgehead atoms. The van der Waals surface area contributed by atoms with Gasteiger partial charge in [0, 0.05) is 22.7 Å². The van der Waals surface area contributed by atoms with Gasteiger partial charge in [-0.15, -0.1) is 5.10 Å². The molecule has 0 fully saturated rings. The molecule has 33 heavy (non-hydrogen) atoms. The molecule has 4 aromatic rings. The molecule has 1 amide bonds. The van der Waals surface area contributed by atoms with E-state index in [0.29, 0.717) is 11.3 Å². The van der Waals surface area contributed by atoms with Crippen molar-refractivity contribution < 1.29 is 4.79 Å². The van der Waals surface area contributed by atoms with Crippen LogP contribution in [-0.4, -0.2) is 41.8 Å². The molecule has 0 aliphatic heterocycles. The van der Waals surface area contributed by atoms with E-state index in [1.807, 2.05) is 63.2 Å². The van der Waals surface area contributed by atoms with Gasteiger partial charge in [0.15, 0.2) is 5.16 Å². The van der Waals surface area contributed by atoms with E-state index in [1.54, 1.807) is 28.6 Å². The SMILES string of the molecule is C/C(=N/NC(=O)c1ccc(CSc2nc(C)cc(C)n2)cc1)c1cccc(-n2cnnn2)c1. The maximum atomic E-state index is 12.5. The zero-order chi connectivity index (χ0) is 23.2. The fourth-order valence-corrected chi connectivity index (χ4v) is 3.98. The molecular formula is C23H22N8OS. The van der Waals surface area contributed by atoms with Crippen LogP contribution in [0.4, 0.5) is 0 Å². The molecule has 4 rings (SSSR count). The lowest BCUT2D eigenvalue weighted by Crippen LogP contribution is -2.19. The summed E-state index contributed by atoms with van der Waals surface area (Å²) < 4.78 is 1.56.